The van der Waals surface area contributed by atoms with Gasteiger partial charge >= 0.3 is 0 Å². The highest BCUT2D eigenvalue weighted by Gasteiger charge is 2.21. The molecule has 0 saturated carbocycles. The molecular formula is C13H22N2O3S. The highest BCUT2D eigenvalue weighted by Crippen LogP contribution is 2.21. The quantitative estimate of drug-likeness (QED) is 0.770. The molecule has 0 aliphatic rings. The minimum atomic E-state index is -3.54. The van der Waals surface area contributed by atoms with E-state index in [-0.39, 0.29) is 11.4 Å². The Morgan fingerprint density at radius 1 is 1.42 bits per heavy atom. The lowest BCUT2D eigenvalue weighted by Gasteiger charge is -2.18. The number of aliphatic hydroxyl groups excluding tert-OH is 1. The molecule has 0 bridgehead atoms. The average molecular weight is 286 g/mol. The monoisotopic (exact) mass is 286 g/mol. The maximum atomic E-state index is 12.3. The van der Waals surface area contributed by atoms with Crippen LogP contribution in [0.1, 0.15) is 25.8 Å². The van der Waals surface area contributed by atoms with E-state index >= 15 is 0 Å². The molecule has 1 aromatic carbocycles. The molecule has 108 valence electrons. The third kappa shape index (κ3) is 3.92. The second-order valence-corrected chi connectivity index (χ2v) is 6.72. The van der Waals surface area contributed by atoms with Gasteiger partial charge in [0.15, 0.2) is 0 Å². The van der Waals surface area contributed by atoms with Crippen LogP contribution in [0.5, 0.6) is 0 Å². The number of hydrogen-bond donors (Lipinski definition) is 2. The van der Waals surface area contributed by atoms with Crippen molar-refractivity contribution in [1.29, 1.82) is 0 Å². The average Bonchev–Trinajstić information content (AvgIpc) is 2.35. The summed E-state index contributed by atoms with van der Waals surface area (Å²) in [6.45, 7) is 3.87. The van der Waals surface area contributed by atoms with Gasteiger partial charge in [-0.1, -0.05) is 13.0 Å². The van der Waals surface area contributed by atoms with Crippen LogP contribution in [0.25, 0.3) is 0 Å². The van der Waals surface area contributed by atoms with Crippen LogP contribution in [-0.4, -0.2) is 37.5 Å². The van der Waals surface area contributed by atoms with Gasteiger partial charge in [-0.2, -0.15) is 0 Å². The van der Waals surface area contributed by atoms with E-state index in [1.165, 1.54) is 17.4 Å². The first-order valence-corrected chi connectivity index (χ1v) is 7.75. The summed E-state index contributed by atoms with van der Waals surface area (Å²) in [7, 11) is -2.04. The van der Waals surface area contributed by atoms with Crippen LogP contribution in [0.15, 0.2) is 23.1 Å². The summed E-state index contributed by atoms with van der Waals surface area (Å²) in [5.41, 5.74) is 7.26. The molecule has 0 radical (unpaired) electrons. The lowest BCUT2D eigenvalue weighted by molar-refractivity contribution is 0.177. The minimum Gasteiger partial charge on any atom is -0.398 e. The Labute approximate surface area is 115 Å². The van der Waals surface area contributed by atoms with Gasteiger partial charge in [0.05, 0.1) is 11.0 Å². The van der Waals surface area contributed by atoms with Gasteiger partial charge in [0, 0.05) is 19.3 Å². The molecule has 3 N–H and O–H groups in total. The largest absolute Gasteiger partial charge is 0.398 e. The van der Waals surface area contributed by atoms with E-state index < -0.39 is 16.1 Å². The van der Waals surface area contributed by atoms with Crippen LogP contribution in [0.2, 0.25) is 0 Å². The number of nitrogen functional groups attached to an aromatic ring is 1. The van der Waals surface area contributed by atoms with Gasteiger partial charge in [-0.15, -0.1) is 0 Å². The van der Waals surface area contributed by atoms with Gasteiger partial charge in [0.1, 0.15) is 0 Å². The van der Waals surface area contributed by atoms with E-state index in [2.05, 4.69) is 0 Å². The molecule has 1 unspecified atom stereocenters. The molecule has 6 heteroatoms. The number of nitrogens with zero attached hydrogens (tertiary/aromatic N) is 1. The van der Waals surface area contributed by atoms with E-state index in [9.17, 15) is 13.5 Å². The van der Waals surface area contributed by atoms with E-state index in [4.69, 9.17) is 5.73 Å². The van der Waals surface area contributed by atoms with Gasteiger partial charge in [0.2, 0.25) is 10.0 Å². The van der Waals surface area contributed by atoms with Crippen molar-refractivity contribution in [2.45, 2.75) is 37.7 Å². The molecule has 0 aliphatic carbocycles. The Kier molecular flexibility index (Phi) is 5.34. The smallest absolute Gasteiger partial charge is 0.242 e. The van der Waals surface area contributed by atoms with Crippen LogP contribution in [0.4, 0.5) is 5.69 Å². The van der Waals surface area contributed by atoms with Gasteiger partial charge in [-0.05, 0) is 37.5 Å². The summed E-state index contributed by atoms with van der Waals surface area (Å²) < 4.78 is 25.8. The highest BCUT2D eigenvalue weighted by molar-refractivity contribution is 7.89. The number of aryl methyl sites for hydroxylation is 1. The Bertz CT molecular complexity index is 527. The first kappa shape index (κ1) is 15.9. The van der Waals surface area contributed by atoms with Crippen molar-refractivity contribution >= 4 is 15.7 Å². The Morgan fingerprint density at radius 2 is 2.05 bits per heavy atom. The third-order valence-corrected chi connectivity index (χ3v) is 4.92. The van der Waals surface area contributed by atoms with Crippen LogP contribution < -0.4 is 5.73 Å². The topological polar surface area (TPSA) is 83.6 Å². The molecule has 0 saturated heterocycles. The minimum absolute atomic E-state index is 0.190. The summed E-state index contributed by atoms with van der Waals surface area (Å²) in [6, 6.07) is 4.81. The molecule has 0 aliphatic heterocycles. The Morgan fingerprint density at radius 3 is 2.53 bits per heavy atom. The number of hydrogen-bond acceptors (Lipinski definition) is 4. The highest BCUT2D eigenvalue weighted by atomic mass is 32.2. The maximum Gasteiger partial charge on any atom is 0.242 e. The van der Waals surface area contributed by atoms with Crippen LogP contribution >= 0.6 is 0 Å². The lowest BCUT2D eigenvalue weighted by atomic mass is 10.1. The third-order valence-electron chi connectivity index (χ3n) is 3.07. The molecule has 19 heavy (non-hydrogen) atoms. The van der Waals surface area contributed by atoms with Gasteiger partial charge in [0.25, 0.3) is 0 Å². The fourth-order valence-electron chi connectivity index (χ4n) is 1.72. The predicted octanol–water partition coefficient (Wildman–Crippen LogP) is 1.22. The van der Waals surface area contributed by atoms with Crippen LogP contribution in [0.3, 0.4) is 0 Å². The standard InChI is InChI=1S/C13H22N2O3S/c1-4-11-5-6-12(9-13(11)14)19(17,18)15(3)8-7-10(2)16/h5-6,9-10,16H,4,7-8,14H2,1-3H3. The second-order valence-electron chi connectivity index (χ2n) is 4.68. The molecule has 0 spiro atoms. The summed E-state index contributed by atoms with van der Waals surface area (Å²) in [5.74, 6) is 0. The van der Waals surface area contributed by atoms with Crippen molar-refractivity contribution in [2.24, 2.45) is 0 Å². The van der Waals surface area contributed by atoms with Crippen LogP contribution in [-0.2, 0) is 16.4 Å². The molecule has 0 fully saturated rings. The molecule has 1 aromatic rings. The molecule has 5 nitrogen and oxygen atoms in total. The lowest BCUT2D eigenvalue weighted by Crippen LogP contribution is -2.29. The summed E-state index contributed by atoms with van der Waals surface area (Å²) in [6.07, 6.45) is 0.646. The van der Waals surface area contributed by atoms with E-state index in [1.807, 2.05) is 6.92 Å². The van der Waals surface area contributed by atoms with Gasteiger partial charge in [-0.25, -0.2) is 12.7 Å². The van der Waals surface area contributed by atoms with Gasteiger partial charge in [-0.3, -0.25) is 0 Å². The number of aliphatic hydroxyl groups is 1. The summed E-state index contributed by atoms with van der Waals surface area (Å²) >= 11 is 0. The van der Waals surface area contributed by atoms with E-state index in [0.29, 0.717) is 12.1 Å². The zero-order valence-electron chi connectivity index (χ0n) is 11.6. The van der Waals surface area contributed by atoms with E-state index in [1.54, 1.807) is 19.1 Å². The number of nitrogens with two attached hydrogens (primary N) is 1. The fourth-order valence-corrected chi connectivity index (χ4v) is 2.95. The molecular weight excluding hydrogens is 264 g/mol. The molecule has 0 aromatic heterocycles. The molecule has 0 heterocycles. The van der Waals surface area contributed by atoms with E-state index in [0.717, 1.165) is 12.0 Å². The SMILES string of the molecule is CCc1ccc(S(=O)(=O)N(C)CCC(C)O)cc1N. The number of sulfonamides is 1. The van der Waals surface area contributed by atoms with Crippen molar-refractivity contribution in [3.05, 3.63) is 23.8 Å². The van der Waals surface area contributed by atoms with Crippen molar-refractivity contribution < 1.29 is 13.5 Å². The molecule has 0 amide bonds. The number of rotatable bonds is 6. The van der Waals surface area contributed by atoms with Crippen molar-refractivity contribution in [1.82, 2.24) is 4.31 Å². The normalized spacial score (nSPS) is 13.7. The van der Waals surface area contributed by atoms with Crippen molar-refractivity contribution in [3.63, 3.8) is 0 Å². The molecule has 1 rings (SSSR count). The first-order chi connectivity index (χ1) is 8.78. The van der Waals surface area contributed by atoms with Crippen molar-refractivity contribution in [2.75, 3.05) is 19.3 Å². The first-order valence-electron chi connectivity index (χ1n) is 6.31. The predicted molar refractivity (Wildman–Crippen MR) is 76.3 cm³/mol. The fraction of sp³-hybridized carbons (Fsp3) is 0.538. The molecule has 1 atom stereocenters. The Balaban J connectivity index is 2.96. The zero-order valence-corrected chi connectivity index (χ0v) is 12.4. The summed E-state index contributed by atoms with van der Waals surface area (Å²) in [5, 5.41) is 9.21. The van der Waals surface area contributed by atoms with Crippen LogP contribution in [0, 0.1) is 0 Å². The second kappa shape index (κ2) is 6.36. The number of anilines is 1. The summed E-state index contributed by atoms with van der Waals surface area (Å²) in [4.78, 5) is 0.190. The maximum absolute atomic E-state index is 12.3. The van der Waals surface area contributed by atoms with Crippen molar-refractivity contribution in [3.8, 4) is 0 Å². The van der Waals surface area contributed by atoms with Gasteiger partial charge < -0.3 is 10.8 Å². The Hall–Kier alpha value is -1.11. The zero-order chi connectivity index (χ0) is 14.6. The number of benzene rings is 1.